The van der Waals surface area contributed by atoms with Crippen LogP contribution in [-0.2, 0) is 6.42 Å². The summed E-state index contributed by atoms with van der Waals surface area (Å²) in [6.45, 7) is 9.68. The Bertz CT molecular complexity index is 891. The number of nitrogens with zero attached hydrogens (tertiary/aromatic N) is 2. The second-order valence-electron chi connectivity index (χ2n) is 7.37. The van der Waals surface area contributed by atoms with E-state index in [2.05, 4.69) is 47.4 Å². The van der Waals surface area contributed by atoms with Crippen molar-refractivity contribution >= 4 is 36.3 Å². The molecule has 0 aliphatic carbocycles. The van der Waals surface area contributed by atoms with Crippen molar-refractivity contribution in [2.75, 3.05) is 31.5 Å². The van der Waals surface area contributed by atoms with E-state index in [9.17, 15) is 9.59 Å². The lowest BCUT2D eigenvalue weighted by molar-refractivity contribution is 0.106. The number of hydrogen-bond donors (Lipinski definition) is 3. The summed E-state index contributed by atoms with van der Waals surface area (Å²) in [5, 5.41) is 6.49. The third kappa shape index (κ3) is 6.11. The van der Waals surface area contributed by atoms with Gasteiger partial charge in [0.15, 0.2) is 0 Å². The minimum atomic E-state index is -0.366. The fourth-order valence-electron chi connectivity index (χ4n) is 3.85. The molecule has 9 heteroatoms. The molecule has 0 spiro atoms. The van der Waals surface area contributed by atoms with Crippen molar-refractivity contribution in [2.45, 2.75) is 46.2 Å². The molecule has 1 aromatic carbocycles. The first kappa shape index (κ1) is 26.2. The first-order valence-electron chi connectivity index (χ1n) is 10.2. The van der Waals surface area contributed by atoms with E-state index in [-0.39, 0.29) is 42.2 Å². The molecule has 1 aromatic heterocycles. The summed E-state index contributed by atoms with van der Waals surface area (Å²) >= 11 is 0. The number of aromatic nitrogens is 2. The molecule has 0 saturated carbocycles. The largest absolute Gasteiger partial charge is 0.342 e. The summed E-state index contributed by atoms with van der Waals surface area (Å²) in [7, 11) is 0. The van der Waals surface area contributed by atoms with Crippen LogP contribution < -0.4 is 21.9 Å². The molecule has 1 atom stereocenters. The van der Waals surface area contributed by atoms with E-state index in [1.54, 1.807) is 0 Å². The lowest BCUT2D eigenvalue weighted by atomic mass is 10.1. The van der Waals surface area contributed by atoms with Crippen LogP contribution in [0.5, 0.6) is 0 Å². The first-order chi connectivity index (χ1) is 13.5. The Morgan fingerprint density at radius 1 is 1.10 bits per heavy atom. The lowest BCUT2D eigenvalue weighted by Crippen LogP contribution is -2.51. The number of nitrogens with one attached hydrogen (secondary N) is 3. The van der Waals surface area contributed by atoms with Crippen LogP contribution in [-0.4, -0.2) is 40.6 Å². The average molecular weight is 458 g/mol. The molecule has 30 heavy (non-hydrogen) atoms. The van der Waals surface area contributed by atoms with Gasteiger partial charge in [-0.15, -0.1) is 24.8 Å². The van der Waals surface area contributed by atoms with Crippen molar-refractivity contribution in [2.24, 2.45) is 0 Å². The lowest BCUT2D eigenvalue weighted by Gasteiger charge is -2.35. The monoisotopic (exact) mass is 457 g/mol. The number of anilines is 2. The van der Waals surface area contributed by atoms with Crippen molar-refractivity contribution in [3.05, 3.63) is 56.2 Å². The van der Waals surface area contributed by atoms with Gasteiger partial charge >= 0.3 is 5.69 Å². The Balaban J connectivity index is 0.00000225. The van der Waals surface area contributed by atoms with Crippen LogP contribution in [0.1, 0.15) is 44.0 Å². The first-order valence-corrected chi connectivity index (χ1v) is 10.2. The van der Waals surface area contributed by atoms with Crippen LogP contribution in [0.25, 0.3) is 0 Å². The SMILES string of the molecule is CCCC(N1CCNCC1)n1c(=O)cc(Nc2ccc(C)c(CC)c2)[nH]c1=O.Cl.Cl. The molecule has 2 aromatic rings. The molecule has 0 radical (unpaired) electrons. The summed E-state index contributed by atoms with van der Waals surface area (Å²) in [4.78, 5) is 30.7. The number of aromatic amines is 1. The van der Waals surface area contributed by atoms with Crippen molar-refractivity contribution in [3.63, 3.8) is 0 Å². The highest BCUT2D eigenvalue weighted by atomic mass is 35.5. The van der Waals surface area contributed by atoms with Gasteiger partial charge < -0.3 is 10.6 Å². The van der Waals surface area contributed by atoms with Gasteiger partial charge in [0.05, 0.1) is 6.17 Å². The van der Waals surface area contributed by atoms with Crippen LogP contribution >= 0.6 is 24.8 Å². The maximum absolute atomic E-state index is 12.8. The Morgan fingerprint density at radius 2 is 1.80 bits per heavy atom. The van der Waals surface area contributed by atoms with E-state index >= 15 is 0 Å². The van der Waals surface area contributed by atoms with Gasteiger partial charge in [-0.1, -0.05) is 26.3 Å². The molecular weight excluding hydrogens is 425 g/mol. The molecule has 1 unspecified atom stereocenters. The summed E-state index contributed by atoms with van der Waals surface area (Å²) in [6.07, 6.45) is 2.41. The zero-order valence-electron chi connectivity index (χ0n) is 17.9. The molecule has 2 heterocycles. The molecule has 1 fully saturated rings. The minimum Gasteiger partial charge on any atom is -0.342 e. The van der Waals surface area contributed by atoms with Crippen LogP contribution in [0, 0.1) is 6.92 Å². The highest BCUT2D eigenvalue weighted by molar-refractivity contribution is 5.85. The number of benzene rings is 1. The molecule has 7 nitrogen and oxygen atoms in total. The summed E-state index contributed by atoms with van der Waals surface area (Å²) in [5.41, 5.74) is 2.70. The van der Waals surface area contributed by atoms with Gasteiger partial charge in [0.1, 0.15) is 5.82 Å². The Kier molecular flexibility index (Phi) is 10.6. The van der Waals surface area contributed by atoms with E-state index in [0.717, 1.165) is 51.1 Å². The predicted molar refractivity (Wildman–Crippen MR) is 128 cm³/mol. The van der Waals surface area contributed by atoms with E-state index in [4.69, 9.17) is 0 Å². The molecule has 3 rings (SSSR count). The highest BCUT2D eigenvalue weighted by Crippen LogP contribution is 2.20. The third-order valence-electron chi connectivity index (χ3n) is 5.39. The Hall–Kier alpha value is -1.80. The van der Waals surface area contributed by atoms with Gasteiger partial charge in [0.25, 0.3) is 5.56 Å². The molecule has 3 N–H and O–H groups in total. The summed E-state index contributed by atoms with van der Waals surface area (Å²) in [5.74, 6) is 0.424. The smallest absolute Gasteiger partial charge is 0.331 e. The van der Waals surface area contributed by atoms with Crippen LogP contribution in [0.3, 0.4) is 0 Å². The normalized spacial score (nSPS) is 15.0. The maximum Gasteiger partial charge on any atom is 0.331 e. The molecule has 0 bridgehead atoms. The molecule has 1 aliphatic heterocycles. The number of halogens is 2. The number of H-pyrrole nitrogens is 1. The molecule has 168 valence electrons. The Morgan fingerprint density at radius 3 is 2.40 bits per heavy atom. The predicted octanol–water partition coefficient (Wildman–Crippen LogP) is 3.20. The van der Waals surface area contributed by atoms with E-state index < -0.39 is 0 Å². The van der Waals surface area contributed by atoms with Crippen LogP contribution in [0.15, 0.2) is 33.9 Å². The van der Waals surface area contributed by atoms with E-state index in [1.807, 2.05) is 12.1 Å². The molecule has 1 aliphatic rings. The number of rotatable bonds is 7. The number of aryl methyl sites for hydroxylation is 2. The highest BCUT2D eigenvalue weighted by Gasteiger charge is 2.24. The van der Waals surface area contributed by atoms with Crippen molar-refractivity contribution in [3.8, 4) is 0 Å². The van der Waals surface area contributed by atoms with Crippen molar-refractivity contribution in [1.29, 1.82) is 0 Å². The van der Waals surface area contributed by atoms with Gasteiger partial charge in [-0.25, -0.2) is 9.36 Å². The second kappa shape index (κ2) is 12.2. The van der Waals surface area contributed by atoms with Crippen LogP contribution in [0.4, 0.5) is 11.5 Å². The Labute approximate surface area is 190 Å². The average Bonchev–Trinajstić information content (AvgIpc) is 2.69. The standard InChI is InChI=1S/C21H31N5O2.2ClH/c1-4-6-19(25-11-9-22-10-12-25)26-20(27)14-18(24-21(26)28)23-17-8-7-15(3)16(5-2)13-17;;/h7-8,13-14,19,22-23H,4-6,9-12H2,1-3H3,(H,24,28);2*1H. The van der Waals surface area contributed by atoms with Crippen molar-refractivity contribution in [1.82, 2.24) is 19.8 Å². The topological polar surface area (TPSA) is 82.2 Å². The van der Waals surface area contributed by atoms with E-state index in [1.165, 1.54) is 21.8 Å². The maximum atomic E-state index is 12.8. The number of hydrogen-bond acceptors (Lipinski definition) is 5. The summed E-state index contributed by atoms with van der Waals surface area (Å²) < 4.78 is 1.37. The third-order valence-corrected chi connectivity index (χ3v) is 5.39. The summed E-state index contributed by atoms with van der Waals surface area (Å²) in [6, 6.07) is 7.54. The molecule has 0 amide bonds. The number of piperazine rings is 1. The van der Waals surface area contributed by atoms with Gasteiger partial charge in [-0.3, -0.25) is 14.7 Å². The van der Waals surface area contributed by atoms with Gasteiger partial charge in [-0.05, 0) is 43.0 Å². The fourth-order valence-corrected chi connectivity index (χ4v) is 3.85. The second-order valence-corrected chi connectivity index (χ2v) is 7.37. The molecule has 1 saturated heterocycles. The quantitative estimate of drug-likeness (QED) is 0.594. The fraction of sp³-hybridized carbons (Fsp3) is 0.524. The zero-order valence-corrected chi connectivity index (χ0v) is 19.5. The minimum absolute atomic E-state index is 0. The van der Waals surface area contributed by atoms with Gasteiger partial charge in [-0.2, -0.15) is 0 Å². The van der Waals surface area contributed by atoms with Gasteiger partial charge in [0.2, 0.25) is 0 Å². The van der Waals surface area contributed by atoms with Gasteiger partial charge in [0, 0.05) is 37.9 Å². The van der Waals surface area contributed by atoms with Crippen molar-refractivity contribution < 1.29 is 0 Å². The zero-order chi connectivity index (χ0) is 20.1. The molecular formula is C21H33Cl2N5O2. The van der Waals surface area contributed by atoms with E-state index in [0.29, 0.717) is 5.82 Å². The van der Waals surface area contributed by atoms with Crippen LogP contribution in [0.2, 0.25) is 0 Å².